The molecule has 1 saturated heterocycles. The van der Waals surface area contributed by atoms with Crippen LogP contribution in [0.3, 0.4) is 0 Å². The van der Waals surface area contributed by atoms with Crippen molar-refractivity contribution >= 4 is 11.7 Å². The molecule has 1 aliphatic rings. The molecular formula is C13H21N5O. The molecule has 0 bridgehead atoms. The summed E-state index contributed by atoms with van der Waals surface area (Å²) in [6.45, 7) is 4.79. The summed E-state index contributed by atoms with van der Waals surface area (Å²) in [4.78, 5) is 8.88. The van der Waals surface area contributed by atoms with Crippen molar-refractivity contribution in [2.24, 2.45) is 5.73 Å². The van der Waals surface area contributed by atoms with Gasteiger partial charge >= 0.3 is 0 Å². The maximum atomic E-state index is 8.98. The van der Waals surface area contributed by atoms with Gasteiger partial charge in [0.05, 0.1) is 6.61 Å². The van der Waals surface area contributed by atoms with Gasteiger partial charge in [-0.2, -0.15) is 0 Å². The molecule has 4 N–H and O–H groups in total. The van der Waals surface area contributed by atoms with Crippen molar-refractivity contribution in [3.63, 3.8) is 0 Å². The standard InChI is InChI=1S/C13H21N5O/c14-13(15)11-2-3-12(16-10-11)18-5-1-4-17(6-7-18)8-9-19/h2-3,10,19H,1,4-9H2,(H3,14,15). The maximum Gasteiger partial charge on any atom is 0.128 e. The molecule has 0 aliphatic carbocycles. The van der Waals surface area contributed by atoms with Crippen LogP contribution in [0, 0.1) is 5.41 Å². The van der Waals surface area contributed by atoms with Gasteiger partial charge < -0.3 is 15.7 Å². The Morgan fingerprint density at radius 2 is 2.16 bits per heavy atom. The highest BCUT2D eigenvalue weighted by atomic mass is 16.3. The first-order chi connectivity index (χ1) is 9.20. The van der Waals surface area contributed by atoms with E-state index >= 15 is 0 Å². The number of aliphatic hydroxyl groups is 1. The molecule has 104 valence electrons. The Hall–Kier alpha value is -1.66. The number of amidine groups is 1. The number of hydrogen-bond acceptors (Lipinski definition) is 5. The van der Waals surface area contributed by atoms with Crippen molar-refractivity contribution in [1.82, 2.24) is 9.88 Å². The molecule has 1 aromatic rings. The van der Waals surface area contributed by atoms with Gasteiger partial charge in [0, 0.05) is 37.9 Å². The van der Waals surface area contributed by atoms with Gasteiger partial charge in [0.15, 0.2) is 0 Å². The van der Waals surface area contributed by atoms with Gasteiger partial charge in [0.1, 0.15) is 11.7 Å². The molecule has 0 radical (unpaired) electrons. The lowest BCUT2D eigenvalue weighted by molar-refractivity contribution is 0.204. The van der Waals surface area contributed by atoms with E-state index in [2.05, 4.69) is 14.8 Å². The van der Waals surface area contributed by atoms with Crippen molar-refractivity contribution in [3.05, 3.63) is 23.9 Å². The fourth-order valence-electron chi connectivity index (χ4n) is 2.30. The number of β-amino-alcohol motifs (C(OH)–C–C–N with tert-alkyl or cyclic N) is 1. The lowest BCUT2D eigenvalue weighted by Crippen LogP contribution is -2.32. The molecule has 6 nitrogen and oxygen atoms in total. The normalized spacial score (nSPS) is 17.2. The second-order valence-corrected chi connectivity index (χ2v) is 4.72. The summed E-state index contributed by atoms with van der Waals surface area (Å²) in [5.41, 5.74) is 6.07. The van der Waals surface area contributed by atoms with Gasteiger partial charge in [-0.3, -0.25) is 10.3 Å². The minimum absolute atomic E-state index is 0.0454. The number of aromatic nitrogens is 1. The number of nitrogen functional groups attached to an aromatic ring is 1. The first-order valence-corrected chi connectivity index (χ1v) is 6.59. The van der Waals surface area contributed by atoms with Gasteiger partial charge in [-0.15, -0.1) is 0 Å². The smallest absolute Gasteiger partial charge is 0.128 e. The number of nitrogens with one attached hydrogen (secondary N) is 1. The van der Waals surface area contributed by atoms with Crippen LogP contribution in [0.5, 0.6) is 0 Å². The van der Waals surface area contributed by atoms with Gasteiger partial charge in [-0.1, -0.05) is 0 Å². The van der Waals surface area contributed by atoms with E-state index in [1.54, 1.807) is 6.20 Å². The maximum absolute atomic E-state index is 8.98. The Kier molecular flexibility index (Phi) is 4.70. The zero-order valence-electron chi connectivity index (χ0n) is 11.0. The molecule has 2 heterocycles. The second kappa shape index (κ2) is 6.49. The highest BCUT2D eigenvalue weighted by Crippen LogP contribution is 2.14. The molecule has 0 amide bonds. The van der Waals surface area contributed by atoms with E-state index in [0.717, 1.165) is 45.0 Å². The number of aliphatic hydroxyl groups excluding tert-OH is 1. The first-order valence-electron chi connectivity index (χ1n) is 6.59. The van der Waals surface area contributed by atoms with Gasteiger partial charge in [0.25, 0.3) is 0 Å². The van der Waals surface area contributed by atoms with E-state index in [1.807, 2.05) is 12.1 Å². The van der Waals surface area contributed by atoms with Crippen molar-refractivity contribution in [2.45, 2.75) is 6.42 Å². The Morgan fingerprint density at radius 1 is 1.32 bits per heavy atom. The molecule has 1 aliphatic heterocycles. The summed E-state index contributed by atoms with van der Waals surface area (Å²) in [5, 5.41) is 16.3. The summed E-state index contributed by atoms with van der Waals surface area (Å²) in [6, 6.07) is 3.75. The molecular weight excluding hydrogens is 242 g/mol. The zero-order valence-corrected chi connectivity index (χ0v) is 11.0. The Morgan fingerprint density at radius 3 is 2.79 bits per heavy atom. The fraction of sp³-hybridized carbons (Fsp3) is 0.538. The third-order valence-corrected chi connectivity index (χ3v) is 3.39. The number of nitrogens with zero attached hydrogens (tertiary/aromatic N) is 3. The highest BCUT2D eigenvalue weighted by Gasteiger charge is 2.15. The van der Waals surface area contributed by atoms with Crippen LogP contribution in [0.4, 0.5) is 5.82 Å². The average molecular weight is 263 g/mol. The molecule has 2 rings (SSSR count). The number of rotatable bonds is 4. The third-order valence-electron chi connectivity index (χ3n) is 3.39. The van der Waals surface area contributed by atoms with Crippen LogP contribution in [-0.2, 0) is 0 Å². The highest BCUT2D eigenvalue weighted by molar-refractivity contribution is 5.94. The monoisotopic (exact) mass is 263 g/mol. The topological polar surface area (TPSA) is 89.5 Å². The SMILES string of the molecule is N=C(N)c1ccc(N2CCCN(CCO)CC2)nc1. The lowest BCUT2D eigenvalue weighted by atomic mass is 10.2. The van der Waals surface area contributed by atoms with E-state index in [9.17, 15) is 0 Å². The van der Waals surface area contributed by atoms with Crippen molar-refractivity contribution in [3.8, 4) is 0 Å². The van der Waals surface area contributed by atoms with Crippen LogP contribution >= 0.6 is 0 Å². The van der Waals surface area contributed by atoms with E-state index < -0.39 is 0 Å². The third kappa shape index (κ3) is 3.65. The van der Waals surface area contributed by atoms with Crippen LogP contribution < -0.4 is 10.6 Å². The molecule has 6 heteroatoms. The van der Waals surface area contributed by atoms with Crippen LogP contribution in [0.2, 0.25) is 0 Å². The summed E-state index contributed by atoms with van der Waals surface area (Å²) in [6.07, 6.45) is 2.71. The van der Waals surface area contributed by atoms with Crippen LogP contribution in [0.1, 0.15) is 12.0 Å². The molecule has 19 heavy (non-hydrogen) atoms. The number of pyridine rings is 1. The molecule has 0 spiro atoms. The fourth-order valence-corrected chi connectivity index (χ4v) is 2.30. The van der Waals surface area contributed by atoms with Gasteiger partial charge in [-0.25, -0.2) is 4.98 Å². The molecule has 1 fully saturated rings. The minimum Gasteiger partial charge on any atom is -0.395 e. The minimum atomic E-state index is 0.0454. The molecule has 0 saturated carbocycles. The Labute approximate surface area is 113 Å². The van der Waals surface area contributed by atoms with Crippen LogP contribution in [-0.4, -0.2) is 60.2 Å². The number of hydrogen-bond donors (Lipinski definition) is 3. The van der Waals surface area contributed by atoms with E-state index in [0.29, 0.717) is 5.56 Å². The number of nitrogens with two attached hydrogens (primary N) is 1. The van der Waals surface area contributed by atoms with Crippen molar-refractivity contribution in [2.75, 3.05) is 44.2 Å². The summed E-state index contributed by atoms with van der Waals surface area (Å²) in [5.74, 6) is 0.972. The van der Waals surface area contributed by atoms with E-state index in [1.165, 1.54) is 0 Å². The van der Waals surface area contributed by atoms with Gasteiger partial charge in [-0.05, 0) is 25.1 Å². The van der Waals surface area contributed by atoms with E-state index in [-0.39, 0.29) is 12.4 Å². The van der Waals surface area contributed by atoms with Crippen LogP contribution in [0.25, 0.3) is 0 Å². The summed E-state index contributed by atoms with van der Waals surface area (Å²) in [7, 11) is 0. The van der Waals surface area contributed by atoms with Crippen LogP contribution in [0.15, 0.2) is 18.3 Å². The average Bonchev–Trinajstić information content (AvgIpc) is 2.65. The lowest BCUT2D eigenvalue weighted by Gasteiger charge is -2.22. The molecule has 1 aromatic heterocycles. The van der Waals surface area contributed by atoms with Gasteiger partial charge in [0.2, 0.25) is 0 Å². The Balaban J connectivity index is 1.99. The zero-order chi connectivity index (χ0) is 13.7. The van der Waals surface area contributed by atoms with Crippen molar-refractivity contribution in [1.29, 1.82) is 5.41 Å². The molecule has 0 atom stereocenters. The van der Waals surface area contributed by atoms with Crippen molar-refractivity contribution < 1.29 is 5.11 Å². The summed E-state index contributed by atoms with van der Waals surface area (Å²) >= 11 is 0. The summed E-state index contributed by atoms with van der Waals surface area (Å²) < 4.78 is 0. The predicted molar refractivity (Wildman–Crippen MR) is 75.6 cm³/mol. The largest absolute Gasteiger partial charge is 0.395 e. The predicted octanol–water partition coefficient (Wildman–Crippen LogP) is -0.130. The molecule has 0 unspecified atom stereocenters. The Bertz CT molecular complexity index is 420. The number of anilines is 1. The second-order valence-electron chi connectivity index (χ2n) is 4.72. The first kappa shape index (κ1) is 13.8. The quantitative estimate of drug-likeness (QED) is 0.520. The molecule has 0 aromatic carbocycles. The van der Waals surface area contributed by atoms with E-state index in [4.69, 9.17) is 16.2 Å².